The number of carbonyl (C=O) groups excluding carboxylic acids is 3. The number of nitrogens with one attached hydrogen (secondary N) is 1. The number of carboxylic acid groups (broad SMARTS) is 1. The van der Waals surface area contributed by atoms with E-state index in [-0.39, 0.29) is 51.3 Å². The van der Waals surface area contributed by atoms with Gasteiger partial charge in [0.1, 0.15) is 17.6 Å². The minimum atomic E-state index is -1.07. The molecular weight excluding hydrogens is 524 g/mol. The van der Waals surface area contributed by atoms with Gasteiger partial charge in [-0.3, -0.25) is 14.4 Å². The van der Waals surface area contributed by atoms with E-state index in [1.165, 1.54) is 9.80 Å². The van der Waals surface area contributed by atoms with E-state index in [1.54, 1.807) is 24.8 Å². The highest BCUT2D eigenvalue weighted by atomic mass is 32.2. The third-order valence-electron chi connectivity index (χ3n) is 6.42. The molecule has 1 aromatic heterocycles. The number of ether oxygens (including phenoxy) is 1. The Morgan fingerprint density at radius 1 is 1.05 bits per heavy atom. The first-order chi connectivity index (χ1) is 18.9. The van der Waals surface area contributed by atoms with Gasteiger partial charge in [-0.25, -0.2) is 14.8 Å². The fraction of sp³-hybridized carbons (Fsp3) is 0.462. The number of anilines is 1. The van der Waals surface area contributed by atoms with E-state index in [1.807, 2.05) is 30.3 Å². The second kappa shape index (κ2) is 13.3. The van der Waals surface area contributed by atoms with Gasteiger partial charge in [0.15, 0.2) is 5.82 Å². The van der Waals surface area contributed by atoms with Crippen molar-refractivity contribution in [1.82, 2.24) is 25.1 Å². The largest absolute Gasteiger partial charge is 0.481 e. The topological polar surface area (TPSA) is 145 Å². The normalized spacial score (nSPS) is 16.1. The van der Waals surface area contributed by atoms with Crippen molar-refractivity contribution in [2.24, 2.45) is 0 Å². The number of carboxylic acids is 1. The molecule has 1 atom stereocenters. The molecule has 0 radical (unpaired) electrons. The SMILES string of the molecule is CCOC(=O)N1CCN(C(=O)C(CCC(=O)O)NC(=O)c2cc(N3CCSC3)nc(-c3ccccc3)n2)CC1. The lowest BCUT2D eigenvalue weighted by Crippen LogP contribution is -2.56. The van der Waals surface area contributed by atoms with Crippen LogP contribution in [0, 0.1) is 0 Å². The summed E-state index contributed by atoms with van der Waals surface area (Å²) in [6.45, 7) is 3.84. The van der Waals surface area contributed by atoms with E-state index in [0.717, 1.165) is 23.7 Å². The van der Waals surface area contributed by atoms with Gasteiger partial charge >= 0.3 is 12.1 Å². The van der Waals surface area contributed by atoms with Crippen molar-refractivity contribution in [3.63, 3.8) is 0 Å². The maximum absolute atomic E-state index is 13.4. The smallest absolute Gasteiger partial charge is 0.409 e. The Bertz CT molecular complexity index is 1180. The van der Waals surface area contributed by atoms with Crippen LogP contribution >= 0.6 is 11.8 Å². The van der Waals surface area contributed by atoms with Gasteiger partial charge in [0.25, 0.3) is 5.91 Å². The van der Waals surface area contributed by atoms with E-state index in [4.69, 9.17) is 4.74 Å². The third kappa shape index (κ3) is 7.37. The van der Waals surface area contributed by atoms with Gasteiger partial charge < -0.3 is 29.9 Å². The molecule has 208 valence electrons. The van der Waals surface area contributed by atoms with Crippen LogP contribution in [0.15, 0.2) is 36.4 Å². The zero-order valence-corrected chi connectivity index (χ0v) is 22.6. The fourth-order valence-corrected chi connectivity index (χ4v) is 5.29. The Kier molecular flexibility index (Phi) is 9.58. The molecule has 0 bridgehead atoms. The molecule has 3 heterocycles. The summed E-state index contributed by atoms with van der Waals surface area (Å²) in [7, 11) is 0. The second-order valence-corrected chi connectivity index (χ2v) is 10.1. The summed E-state index contributed by atoms with van der Waals surface area (Å²) in [6, 6.07) is 9.85. The Hall–Kier alpha value is -3.87. The number of rotatable bonds is 9. The Morgan fingerprint density at radius 3 is 2.41 bits per heavy atom. The lowest BCUT2D eigenvalue weighted by atomic mass is 10.1. The van der Waals surface area contributed by atoms with Crippen LogP contribution in [0.3, 0.4) is 0 Å². The second-order valence-electron chi connectivity index (χ2n) is 9.07. The highest BCUT2D eigenvalue weighted by Gasteiger charge is 2.31. The molecule has 1 aromatic carbocycles. The van der Waals surface area contributed by atoms with Crippen LogP contribution in [-0.2, 0) is 14.3 Å². The van der Waals surface area contributed by atoms with Gasteiger partial charge in [-0.2, -0.15) is 0 Å². The fourth-order valence-electron chi connectivity index (χ4n) is 4.33. The predicted molar refractivity (Wildman–Crippen MR) is 145 cm³/mol. The van der Waals surface area contributed by atoms with Crippen LogP contribution in [0.2, 0.25) is 0 Å². The summed E-state index contributed by atoms with van der Waals surface area (Å²) in [4.78, 5) is 64.4. The molecule has 39 heavy (non-hydrogen) atoms. The lowest BCUT2D eigenvalue weighted by molar-refractivity contribution is -0.138. The standard InChI is InChI=1S/C26H32N6O6S/c1-2-38-26(37)31-12-10-30(11-13-31)25(36)19(8-9-22(33)34)28-24(35)20-16-21(32-14-15-39-17-32)29-23(27-20)18-6-4-3-5-7-18/h3-7,16,19H,2,8-15,17H2,1H3,(H,28,35)(H,33,34). The van der Waals surface area contributed by atoms with Crippen LogP contribution in [-0.4, -0.2) is 106 Å². The molecule has 0 saturated carbocycles. The quantitative estimate of drug-likeness (QED) is 0.470. The van der Waals surface area contributed by atoms with E-state index < -0.39 is 29.9 Å². The number of piperazine rings is 1. The van der Waals surface area contributed by atoms with Crippen molar-refractivity contribution in [3.05, 3.63) is 42.1 Å². The lowest BCUT2D eigenvalue weighted by Gasteiger charge is -2.35. The molecule has 2 aliphatic rings. The summed E-state index contributed by atoms with van der Waals surface area (Å²) in [5, 5.41) is 12.0. The number of nitrogens with zero attached hydrogens (tertiary/aromatic N) is 5. The summed E-state index contributed by atoms with van der Waals surface area (Å²) in [6.07, 6.45) is -0.815. The van der Waals surface area contributed by atoms with Crippen LogP contribution in [0.1, 0.15) is 30.3 Å². The van der Waals surface area contributed by atoms with Gasteiger partial charge in [0, 0.05) is 56.5 Å². The number of aromatic nitrogens is 2. The minimum absolute atomic E-state index is 0.0791. The van der Waals surface area contributed by atoms with Gasteiger partial charge in [0.2, 0.25) is 5.91 Å². The molecule has 12 nitrogen and oxygen atoms in total. The molecule has 2 fully saturated rings. The molecule has 0 aliphatic carbocycles. The number of carbonyl (C=O) groups is 4. The molecule has 1 unspecified atom stereocenters. The summed E-state index contributed by atoms with van der Waals surface area (Å²) < 4.78 is 5.02. The Morgan fingerprint density at radius 2 is 1.77 bits per heavy atom. The van der Waals surface area contributed by atoms with Gasteiger partial charge in [0.05, 0.1) is 12.5 Å². The maximum Gasteiger partial charge on any atom is 0.409 e. The van der Waals surface area contributed by atoms with E-state index in [2.05, 4.69) is 20.2 Å². The number of thioether (sulfide) groups is 1. The minimum Gasteiger partial charge on any atom is -0.481 e. The number of hydrogen-bond donors (Lipinski definition) is 2. The number of amides is 3. The van der Waals surface area contributed by atoms with Crippen molar-refractivity contribution in [1.29, 1.82) is 0 Å². The number of aliphatic carboxylic acids is 1. The van der Waals surface area contributed by atoms with Crippen molar-refractivity contribution in [2.75, 3.05) is 55.9 Å². The summed E-state index contributed by atoms with van der Waals surface area (Å²) >= 11 is 1.76. The van der Waals surface area contributed by atoms with Gasteiger partial charge in [-0.1, -0.05) is 30.3 Å². The molecular formula is C26H32N6O6S. The van der Waals surface area contributed by atoms with Crippen molar-refractivity contribution < 1.29 is 29.0 Å². The zero-order valence-electron chi connectivity index (χ0n) is 21.7. The van der Waals surface area contributed by atoms with Gasteiger partial charge in [-0.15, -0.1) is 11.8 Å². The van der Waals surface area contributed by atoms with E-state index in [9.17, 15) is 24.3 Å². The van der Waals surface area contributed by atoms with Gasteiger partial charge in [-0.05, 0) is 13.3 Å². The Balaban J connectivity index is 1.53. The summed E-state index contributed by atoms with van der Waals surface area (Å²) in [5.41, 5.74) is 0.842. The van der Waals surface area contributed by atoms with Crippen LogP contribution in [0.25, 0.3) is 11.4 Å². The average Bonchev–Trinajstić information content (AvgIpc) is 3.50. The molecule has 2 N–H and O–H groups in total. The summed E-state index contributed by atoms with van der Waals surface area (Å²) in [5.74, 6) is 0.626. The first-order valence-electron chi connectivity index (χ1n) is 12.9. The molecule has 13 heteroatoms. The van der Waals surface area contributed by atoms with E-state index >= 15 is 0 Å². The van der Waals surface area contributed by atoms with Crippen molar-refractivity contribution in [2.45, 2.75) is 25.8 Å². The maximum atomic E-state index is 13.4. The molecule has 4 rings (SSSR count). The highest BCUT2D eigenvalue weighted by molar-refractivity contribution is 7.99. The number of hydrogen-bond acceptors (Lipinski definition) is 9. The molecule has 2 saturated heterocycles. The average molecular weight is 557 g/mol. The van der Waals surface area contributed by atoms with Crippen LogP contribution < -0.4 is 10.2 Å². The van der Waals surface area contributed by atoms with Crippen LogP contribution in [0.4, 0.5) is 10.6 Å². The monoisotopic (exact) mass is 556 g/mol. The third-order valence-corrected chi connectivity index (χ3v) is 7.39. The first-order valence-corrected chi connectivity index (χ1v) is 14.0. The van der Waals surface area contributed by atoms with Crippen molar-refractivity contribution >= 4 is 41.5 Å². The van der Waals surface area contributed by atoms with Crippen LogP contribution in [0.5, 0.6) is 0 Å². The molecule has 2 aromatic rings. The molecule has 3 amide bonds. The molecule has 0 spiro atoms. The highest BCUT2D eigenvalue weighted by Crippen LogP contribution is 2.25. The predicted octanol–water partition coefficient (Wildman–Crippen LogP) is 1.92. The molecule has 2 aliphatic heterocycles. The van der Waals surface area contributed by atoms with E-state index in [0.29, 0.717) is 11.6 Å². The zero-order chi connectivity index (χ0) is 27.8. The van der Waals surface area contributed by atoms with Crippen molar-refractivity contribution in [3.8, 4) is 11.4 Å². The number of benzene rings is 1. The first kappa shape index (κ1) is 28.1. The Labute approximate surface area is 230 Å².